The molecule has 6 heteroatoms. The molecule has 0 aliphatic carbocycles. The van der Waals surface area contributed by atoms with E-state index in [1.807, 2.05) is 0 Å². The van der Waals surface area contributed by atoms with Crippen molar-refractivity contribution in [1.82, 2.24) is 4.90 Å². The molecular weight excluding hydrogens is 216 g/mol. The van der Waals surface area contributed by atoms with Gasteiger partial charge in [-0.2, -0.15) is 0 Å². The second-order valence-corrected chi connectivity index (χ2v) is 4.66. The van der Waals surface area contributed by atoms with Crippen LogP contribution in [0.4, 0.5) is 0 Å². The van der Waals surface area contributed by atoms with E-state index in [-0.39, 0.29) is 11.3 Å². The maximum atomic E-state index is 11.5. The van der Waals surface area contributed by atoms with Crippen molar-refractivity contribution in [1.29, 1.82) is 0 Å². The van der Waals surface area contributed by atoms with E-state index in [2.05, 4.69) is 11.3 Å². The van der Waals surface area contributed by atoms with E-state index in [0.717, 1.165) is 0 Å². The first-order valence-corrected chi connectivity index (χ1v) is 5.57. The number of fused-ring (bicyclic) bond motifs is 1. The first kappa shape index (κ1) is 10.5. The number of hydrogen-bond acceptors (Lipinski definition) is 5. The predicted octanol–water partition coefficient (Wildman–Crippen LogP) is -0.673. The van der Waals surface area contributed by atoms with Gasteiger partial charge >= 0.3 is 5.97 Å². The number of carbonyl (C=O) groups excluding carboxylic acids is 2. The summed E-state index contributed by atoms with van der Waals surface area (Å²) >= 11 is 1.54. The van der Waals surface area contributed by atoms with Gasteiger partial charge in [0.15, 0.2) is 6.04 Å². The molecule has 5 nitrogen and oxygen atoms in total. The maximum Gasteiger partial charge on any atom is 0.332 e. The highest BCUT2D eigenvalue weighted by Gasteiger charge is 2.54. The third kappa shape index (κ3) is 1.36. The molecule has 0 saturated carbocycles. The number of amides is 1. The minimum absolute atomic E-state index is 0.105. The lowest BCUT2D eigenvalue weighted by Gasteiger charge is -2.51. The Labute approximate surface area is 91.6 Å². The Morgan fingerprint density at radius 3 is 3.00 bits per heavy atom. The number of ether oxygens (including phenoxy) is 1. The van der Waals surface area contributed by atoms with Gasteiger partial charge in [-0.15, -0.1) is 11.8 Å². The van der Waals surface area contributed by atoms with Crippen molar-refractivity contribution in [2.24, 2.45) is 5.73 Å². The molecular formula is C9H12N2O3S. The normalized spacial score (nSPS) is 34.5. The van der Waals surface area contributed by atoms with Crippen molar-refractivity contribution >= 4 is 23.6 Å². The number of esters is 1. The van der Waals surface area contributed by atoms with Gasteiger partial charge in [0.1, 0.15) is 11.4 Å². The fourth-order valence-electron chi connectivity index (χ4n) is 1.83. The zero-order valence-corrected chi connectivity index (χ0v) is 9.12. The standard InChI is InChI=1S/C9H12N2O3S/c1-4-3-15-8-5(10)7(12)11(8)6(4)9(13)14-2/h5-6,8H,1,3,10H2,2H3/t5?,6?,8-/m1/s1. The van der Waals surface area contributed by atoms with Crippen LogP contribution in [-0.4, -0.2) is 47.1 Å². The fraction of sp³-hybridized carbons (Fsp3) is 0.556. The van der Waals surface area contributed by atoms with Crippen LogP contribution in [0.15, 0.2) is 12.2 Å². The van der Waals surface area contributed by atoms with E-state index in [4.69, 9.17) is 5.73 Å². The average molecular weight is 228 g/mol. The molecule has 2 saturated heterocycles. The van der Waals surface area contributed by atoms with E-state index in [0.29, 0.717) is 11.3 Å². The molecule has 0 spiro atoms. The molecule has 0 aromatic carbocycles. The third-order valence-corrected chi connectivity index (χ3v) is 4.05. The summed E-state index contributed by atoms with van der Waals surface area (Å²) < 4.78 is 4.65. The van der Waals surface area contributed by atoms with E-state index in [1.165, 1.54) is 23.8 Å². The van der Waals surface area contributed by atoms with E-state index >= 15 is 0 Å². The number of carbonyl (C=O) groups is 2. The number of methoxy groups -OCH3 is 1. The van der Waals surface area contributed by atoms with Crippen LogP contribution < -0.4 is 5.73 Å². The van der Waals surface area contributed by atoms with Gasteiger partial charge in [0, 0.05) is 5.75 Å². The van der Waals surface area contributed by atoms with Gasteiger partial charge in [-0.3, -0.25) is 4.79 Å². The molecule has 0 aromatic rings. The summed E-state index contributed by atoms with van der Waals surface area (Å²) in [6.45, 7) is 3.79. The lowest BCUT2D eigenvalue weighted by atomic mass is 9.99. The summed E-state index contributed by atoms with van der Waals surface area (Å²) in [6.07, 6.45) is 0. The maximum absolute atomic E-state index is 11.5. The highest BCUT2D eigenvalue weighted by atomic mass is 32.2. The van der Waals surface area contributed by atoms with Crippen molar-refractivity contribution in [3.8, 4) is 0 Å². The minimum atomic E-state index is -0.645. The van der Waals surface area contributed by atoms with E-state index < -0.39 is 18.1 Å². The number of nitrogens with two attached hydrogens (primary N) is 1. The van der Waals surface area contributed by atoms with E-state index in [9.17, 15) is 9.59 Å². The van der Waals surface area contributed by atoms with Gasteiger partial charge in [-0.25, -0.2) is 4.79 Å². The molecule has 2 aliphatic rings. The van der Waals surface area contributed by atoms with Crippen LogP contribution >= 0.6 is 11.8 Å². The molecule has 2 fully saturated rings. The SMILES string of the molecule is C=C1CS[C@@H]2C(N)C(=O)N2C1C(=O)OC. The number of rotatable bonds is 1. The summed E-state index contributed by atoms with van der Waals surface area (Å²) in [6, 6.07) is -1.14. The van der Waals surface area contributed by atoms with Crippen LogP contribution in [0, 0.1) is 0 Å². The molecule has 2 unspecified atom stereocenters. The number of hydrogen-bond donors (Lipinski definition) is 1. The molecule has 2 heterocycles. The van der Waals surface area contributed by atoms with Gasteiger partial charge < -0.3 is 15.4 Å². The fourth-order valence-corrected chi connectivity index (χ4v) is 3.08. The lowest BCUT2D eigenvalue weighted by Crippen LogP contribution is -2.73. The second-order valence-electron chi connectivity index (χ2n) is 3.56. The molecule has 3 atom stereocenters. The molecule has 15 heavy (non-hydrogen) atoms. The number of β-lactam (4-membered cyclic amide) rings is 1. The Bertz CT molecular complexity index is 336. The zero-order chi connectivity index (χ0) is 11.2. The Hall–Kier alpha value is -1.01. The molecule has 1 amide bonds. The molecule has 2 rings (SSSR count). The zero-order valence-electron chi connectivity index (χ0n) is 8.30. The van der Waals surface area contributed by atoms with Crippen LogP contribution in [0.2, 0.25) is 0 Å². The largest absolute Gasteiger partial charge is 0.467 e. The Kier molecular flexibility index (Phi) is 2.47. The van der Waals surface area contributed by atoms with Crippen LogP contribution in [0.3, 0.4) is 0 Å². The van der Waals surface area contributed by atoms with Crippen molar-refractivity contribution in [2.45, 2.75) is 17.5 Å². The molecule has 2 aliphatic heterocycles. The minimum Gasteiger partial charge on any atom is -0.467 e. The van der Waals surface area contributed by atoms with Crippen LogP contribution in [-0.2, 0) is 14.3 Å². The van der Waals surface area contributed by atoms with Gasteiger partial charge in [0.25, 0.3) is 0 Å². The lowest BCUT2D eigenvalue weighted by molar-refractivity contribution is -0.159. The van der Waals surface area contributed by atoms with Gasteiger partial charge in [0.2, 0.25) is 5.91 Å². The third-order valence-electron chi connectivity index (χ3n) is 2.65. The van der Waals surface area contributed by atoms with Gasteiger partial charge in [-0.05, 0) is 5.57 Å². The number of nitrogens with zero attached hydrogens (tertiary/aromatic N) is 1. The Morgan fingerprint density at radius 2 is 2.40 bits per heavy atom. The smallest absolute Gasteiger partial charge is 0.332 e. The number of thioether (sulfide) groups is 1. The van der Waals surface area contributed by atoms with Crippen molar-refractivity contribution in [2.75, 3.05) is 12.9 Å². The summed E-state index contributed by atoms with van der Waals surface area (Å²) in [5, 5.41) is -0.105. The Morgan fingerprint density at radius 1 is 1.73 bits per heavy atom. The van der Waals surface area contributed by atoms with Crippen molar-refractivity contribution in [3.63, 3.8) is 0 Å². The predicted molar refractivity (Wildman–Crippen MR) is 56.0 cm³/mol. The summed E-state index contributed by atoms with van der Waals surface area (Å²) in [5.41, 5.74) is 6.33. The van der Waals surface area contributed by atoms with Crippen molar-refractivity contribution < 1.29 is 14.3 Å². The highest BCUT2D eigenvalue weighted by molar-refractivity contribution is 8.00. The Balaban J connectivity index is 2.23. The molecule has 0 radical (unpaired) electrons. The topological polar surface area (TPSA) is 72.6 Å². The summed E-state index contributed by atoms with van der Waals surface area (Å²) in [7, 11) is 1.30. The van der Waals surface area contributed by atoms with E-state index in [1.54, 1.807) is 0 Å². The first-order chi connectivity index (χ1) is 7.07. The quantitative estimate of drug-likeness (QED) is 0.366. The summed E-state index contributed by atoms with van der Waals surface area (Å²) in [5.74, 6) is -0.00338. The monoisotopic (exact) mass is 228 g/mol. The molecule has 0 aromatic heterocycles. The van der Waals surface area contributed by atoms with Crippen LogP contribution in [0.5, 0.6) is 0 Å². The second kappa shape index (κ2) is 3.53. The molecule has 82 valence electrons. The summed E-state index contributed by atoms with van der Waals surface area (Å²) in [4.78, 5) is 24.5. The van der Waals surface area contributed by atoms with Crippen LogP contribution in [0.1, 0.15) is 0 Å². The van der Waals surface area contributed by atoms with Gasteiger partial charge in [0.05, 0.1) is 7.11 Å². The average Bonchev–Trinajstić information content (AvgIpc) is 2.26. The first-order valence-electron chi connectivity index (χ1n) is 4.52. The van der Waals surface area contributed by atoms with Crippen molar-refractivity contribution in [3.05, 3.63) is 12.2 Å². The molecule has 0 bridgehead atoms. The van der Waals surface area contributed by atoms with Crippen LogP contribution in [0.25, 0.3) is 0 Å². The van der Waals surface area contributed by atoms with Gasteiger partial charge in [-0.1, -0.05) is 6.58 Å². The molecule has 2 N–H and O–H groups in total. The highest BCUT2D eigenvalue weighted by Crippen LogP contribution is 2.39.